The molecule has 9 heteroatoms. The van der Waals surface area contributed by atoms with Crippen molar-refractivity contribution < 1.29 is 24.0 Å². The van der Waals surface area contributed by atoms with Gasteiger partial charge in [0.15, 0.2) is 6.61 Å². The molecule has 168 valence electrons. The number of anilines is 1. The molecule has 3 N–H and O–H groups in total. The van der Waals surface area contributed by atoms with Crippen LogP contribution >= 0.6 is 0 Å². The minimum atomic E-state index is -0.726. The van der Waals surface area contributed by atoms with Gasteiger partial charge in [-0.2, -0.15) is 5.26 Å². The van der Waals surface area contributed by atoms with E-state index in [2.05, 4.69) is 5.32 Å². The van der Waals surface area contributed by atoms with E-state index in [0.29, 0.717) is 22.4 Å². The van der Waals surface area contributed by atoms with Crippen molar-refractivity contribution in [1.29, 1.82) is 5.26 Å². The van der Waals surface area contributed by atoms with Crippen LogP contribution in [0.2, 0.25) is 0 Å². The molecule has 32 heavy (non-hydrogen) atoms. The summed E-state index contributed by atoms with van der Waals surface area (Å²) in [6.07, 6.45) is -0.605. The molecule has 0 radical (unpaired) electrons. The number of ether oxygens (including phenoxy) is 1. The van der Waals surface area contributed by atoms with Crippen molar-refractivity contribution in [2.45, 2.75) is 39.8 Å². The lowest BCUT2D eigenvalue weighted by atomic mass is 10.1. The molecule has 3 amide bonds. The van der Waals surface area contributed by atoms with E-state index < -0.39 is 30.1 Å². The fraction of sp³-hybridized carbons (Fsp3) is 0.304. The third-order valence-corrected chi connectivity index (χ3v) is 4.11. The van der Waals surface area contributed by atoms with Crippen LogP contribution in [0, 0.1) is 18.3 Å². The first-order valence-corrected chi connectivity index (χ1v) is 9.81. The van der Waals surface area contributed by atoms with E-state index in [-0.39, 0.29) is 12.1 Å². The molecule has 9 nitrogen and oxygen atoms in total. The van der Waals surface area contributed by atoms with E-state index in [1.165, 1.54) is 6.07 Å². The maximum atomic E-state index is 13.0. The number of primary amides is 1. The summed E-state index contributed by atoms with van der Waals surface area (Å²) in [5.41, 5.74) is 7.10. The molecule has 0 aliphatic heterocycles. The van der Waals surface area contributed by atoms with Crippen molar-refractivity contribution >= 4 is 23.6 Å². The third-order valence-electron chi connectivity index (χ3n) is 4.11. The topological polar surface area (TPSA) is 135 Å². The van der Waals surface area contributed by atoms with Crippen LogP contribution < -0.4 is 11.1 Å². The second-order valence-electron chi connectivity index (χ2n) is 8.05. The smallest absolute Gasteiger partial charge is 0.412 e. The lowest BCUT2D eigenvalue weighted by molar-refractivity contribution is -0.151. The summed E-state index contributed by atoms with van der Waals surface area (Å²) in [5, 5.41) is 12.6. The van der Waals surface area contributed by atoms with Crippen LogP contribution in [0.25, 0.3) is 0 Å². The van der Waals surface area contributed by atoms with Crippen LogP contribution in [0.1, 0.15) is 47.8 Å². The van der Waals surface area contributed by atoms with Crippen molar-refractivity contribution in [3.8, 4) is 6.07 Å². The van der Waals surface area contributed by atoms with Gasteiger partial charge in [0.1, 0.15) is 5.60 Å². The first-order chi connectivity index (χ1) is 15.0. The van der Waals surface area contributed by atoms with Crippen molar-refractivity contribution in [3.63, 3.8) is 0 Å². The van der Waals surface area contributed by atoms with Crippen LogP contribution in [-0.4, -0.2) is 35.2 Å². The number of amides is 3. The predicted molar refractivity (Wildman–Crippen MR) is 117 cm³/mol. The Hall–Kier alpha value is -3.90. The van der Waals surface area contributed by atoms with E-state index in [9.17, 15) is 14.4 Å². The Labute approximate surface area is 186 Å². The Balaban J connectivity index is 2.20. The number of nitrogens with two attached hydrogens (primary N) is 1. The molecular formula is C23H26N4O5. The minimum absolute atomic E-state index is 0.0365. The van der Waals surface area contributed by atoms with Crippen molar-refractivity contribution in [2.24, 2.45) is 5.73 Å². The molecule has 2 aromatic rings. The number of hydroxylamine groups is 2. The summed E-state index contributed by atoms with van der Waals surface area (Å²) in [7, 11) is 0. The molecule has 0 atom stereocenters. The van der Waals surface area contributed by atoms with Crippen molar-refractivity contribution in [3.05, 3.63) is 64.7 Å². The molecule has 0 fully saturated rings. The zero-order valence-corrected chi connectivity index (χ0v) is 18.5. The Morgan fingerprint density at radius 1 is 1.12 bits per heavy atom. The average molecular weight is 438 g/mol. The third kappa shape index (κ3) is 7.41. The fourth-order valence-electron chi connectivity index (χ4n) is 2.66. The van der Waals surface area contributed by atoms with Gasteiger partial charge in [-0.1, -0.05) is 12.1 Å². The number of rotatable bonds is 7. The monoisotopic (exact) mass is 438 g/mol. The molecule has 0 heterocycles. The zero-order valence-electron chi connectivity index (χ0n) is 18.5. The molecule has 0 saturated heterocycles. The highest BCUT2D eigenvalue weighted by atomic mass is 16.7. The summed E-state index contributed by atoms with van der Waals surface area (Å²) >= 11 is 0. The molecule has 0 bridgehead atoms. The quantitative estimate of drug-likeness (QED) is 0.637. The second-order valence-corrected chi connectivity index (χ2v) is 8.05. The largest absolute Gasteiger partial charge is 0.444 e. The number of nitrogens with zero attached hydrogens (tertiary/aromatic N) is 2. The SMILES string of the molecule is Cc1cc(C(=O)N(Cc2ccc(C#N)cc2)OCC(N)=O)ccc1NC(=O)OC(C)(C)C. The van der Waals surface area contributed by atoms with E-state index in [4.69, 9.17) is 20.6 Å². The summed E-state index contributed by atoms with van der Waals surface area (Å²) in [6.45, 7) is 6.58. The normalized spacial score (nSPS) is 10.7. The summed E-state index contributed by atoms with van der Waals surface area (Å²) < 4.78 is 5.24. The molecule has 2 aromatic carbocycles. The molecule has 0 saturated carbocycles. The van der Waals surface area contributed by atoms with Gasteiger partial charge >= 0.3 is 6.09 Å². The van der Waals surface area contributed by atoms with Gasteiger partial charge in [0.2, 0.25) is 5.91 Å². The molecule has 0 aliphatic carbocycles. The molecule has 0 unspecified atom stereocenters. The molecule has 0 aliphatic rings. The highest BCUT2D eigenvalue weighted by Gasteiger charge is 2.21. The van der Waals surface area contributed by atoms with Gasteiger partial charge in [0, 0.05) is 11.3 Å². The van der Waals surface area contributed by atoms with Crippen LogP contribution in [0.15, 0.2) is 42.5 Å². The standard InChI is InChI=1S/C23H26N4O5/c1-15-11-18(9-10-19(15)26-22(30)32-23(2,3)4)21(29)27(31-14-20(25)28)13-17-7-5-16(12-24)6-8-17/h5-11H,13-14H2,1-4H3,(H2,25,28)(H,26,30). The molecule has 2 rings (SSSR count). The Bertz CT molecular complexity index is 1040. The zero-order chi connectivity index (χ0) is 23.9. The van der Waals surface area contributed by atoms with Crippen molar-refractivity contribution in [1.82, 2.24) is 5.06 Å². The number of aryl methyl sites for hydroxylation is 1. The predicted octanol–water partition coefficient (Wildman–Crippen LogP) is 3.27. The lowest BCUT2D eigenvalue weighted by Gasteiger charge is -2.22. The van der Waals surface area contributed by atoms with Gasteiger partial charge in [-0.3, -0.25) is 19.7 Å². The molecule has 0 aromatic heterocycles. The fourth-order valence-corrected chi connectivity index (χ4v) is 2.66. The van der Waals surface area contributed by atoms with Crippen molar-refractivity contribution in [2.75, 3.05) is 11.9 Å². The Morgan fingerprint density at radius 3 is 2.31 bits per heavy atom. The highest BCUT2D eigenvalue weighted by molar-refractivity contribution is 5.95. The maximum absolute atomic E-state index is 13.0. The first kappa shape index (κ1) is 24.4. The summed E-state index contributed by atoms with van der Waals surface area (Å²) in [5.74, 6) is -1.22. The second kappa shape index (κ2) is 10.4. The summed E-state index contributed by atoms with van der Waals surface area (Å²) in [4.78, 5) is 41.6. The molecule has 0 spiro atoms. The number of carbonyl (C=O) groups excluding carboxylic acids is 3. The number of carbonyl (C=O) groups is 3. The number of nitriles is 1. The van der Waals surface area contributed by atoms with Crippen LogP contribution in [-0.2, 0) is 20.9 Å². The number of benzene rings is 2. The maximum Gasteiger partial charge on any atom is 0.412 e. The summed E-state index contributed by atoms with van der Waals surface area (Å²) in [6, 6.07) is 13.3. The Morgan fingerprint density at radius 2 is 1.78 bits per heavy atom. The van der Waals surface area contributed by atoms with Gasteiger partial charge < -0.3 is 10.5 Å². The van der Waals surface area contributed by atoms with Gasteiger partial charge in [-0.05, 0) is 69.2 Å². The van der Waals surface area contributed by atoms with Crippen LogP contribution in [0.4, 0.5) is 10.5 Å². The molecular weight excluding hydrogens is 412 g/mol. The van der Waals surface area contributed by atoms with Gasteiger partial charge in [0.25, 0.3) is 5.91 Å². The van der Waals surface area contributed by atoms with Crippen LogP contribution in [0.5, 0.6) is 0 Å². The highest BCUT2D eigenvalue weighted by Crippen LogP contribution is 2.20. The number of hydrogen-bond acceptors (Lipinski definition) is 6. The van der Waals surface area contributed by atoms with Gasteiger partial charge in [-0.25, -0.2) is 9.86 Å². The van der Waals surface area contributed by atoms with E-state index in [1.807, 2.05) is 6.07 Å². The minimum Gasteiger partial charge on any atom is -0.444 e. The average Bonchev–Trinajstić information content (AvgIpc) is 2.71. The van der Waals surface area contributed by atoms with E-state index >= 15 is 0 Å². The van der Waals surface area contributed by atoms with Gasteiger partial charge in [-0.15, -0.1) is 0 Å². The van der Waals surface area contributed by atoms with E-state index in [0.717, 1.165) is 5.06 Å². The first-order valence-electron chi connectivity index (χ1n) is 9.81. The number of hydrogen-bond donors (Lipinski definition) is 2. The van der Waals surface area contributed by atoms with E-state index in [1.54, 1.807) is 64.1 Å². The van der Waals surface area contributed by atoms with Gasteiger partial charge in [0.05, 0.1) is 18.2 Å². The van der Waals surface area contributed by atoms with Crippen LogP contribution in [0.3, 0.4) is 0 Å². The lowest BCUT2D eigenvalue weighted by Crippen LogP contribution is -2.34. The number of nitrogens with one attached hydrogen (secondary N) is 1. The Kier molecular flexibility index (Phi) is 7.93.